The van der Waals surface area contributed by atoms with E-state index >= 15 is 0 Å². The highest BCUT2D eigenvalue weighted by atomic mass is 16.5. The molecule has 0 aliphatic rings. The number of hydrogen-bond acceptors (Lipinski definition) is 4. The first-order valence-corrected chi connectivity index (χ1v) is 8.63. The van der Waals surface area contributed by atoms with Crippen molar-refractivity contribution in [3.63, 3.8) is 0 Å². The molecule has 0 fully saturated rings. The number of aliphatic carboxylic acids is 1. The second kappa shape index (κ2) is 10.2. The summed E-state index contributed by atoms with van der Waals surface area (Å²) < 4.78 is 10.9. The average Bonchev–Trinajstić information content (AvgIpc) is 2.63. The summed E-state index contributed by atoms with van der Waals surface area (Å²) in [6, 6.07) is 14.4. The lowest BCUT2D eigenvalue weighted by molar-refractivity contribution is -0.149. The van der Waals surface area contributed by atoms with Crippen LogP contribution >= 0.6 is 0 Å². The van der Waals surface area contributed by atoms with Crippen LogP contribution in [0.4, 0.5) is 10.5 Å². The lowest BCUT2D eigenvalue weighted by atomic mass is 10.1. The minimum absolute atomic E-state index is 0.306. The summed E-state index contributed by atoms with van der Waals surface area (Å²) in [7, 11) is 0. The van der Waals surface area contributed by atoms with Gasteiger partial charge in [0.1, 0.15) is 5.75 Å². The van der Waals surface area contributed by atoms with Gasteiger partial charge in [0.25, 0.3) is 0 Å². The number of anilines is 1. The molecule has 0 heterocycles. The molecule has 144 valence electrons. The van der Waals surface area contributed by atoms with E-state index in [-0.39, 0.29) is 0 Å². The Morgan fingerprint density at radius 3 is 2.19 bits per heavy atom. The fourth-order valence-electron chi connectivity index (χ4n) is 2.52. The van der Waals surface area contributed by atoms with Crippen molar-refractivity contribution in [3.05, 3.63) is 59.7 Å². The predicted octanol–water partition coefficient (Wildman–Crippen LogP) is 3.43. The van der Waals surface area contributed by atoms with Crippen molar-refractivity contribution in [3.8, 4) is 5.75 Å². The SMILES string of the molecule is CCOC(Cc1ccc(OCCc2ccc(NC(=O)O)cc2)cc1)C(=O)O. The van der Waals surface area contributed by atoms with Crippen LogP contribution in [0, 0.1) is 0 Å². The number of carbonyl (C=O) groups is 2. The zero-order chi connectivity index (χ0) is 19.6. The predicted molar refractivity (Wildman–Crippen MR) is 100 cm³/mol. The van der Waals surface area contributed by atoms with Gasteiger partial charge >= 0.3 is 12.1 Å². The molecule has 1 amide bonds. The zero-order valence-electron chi connectivity index (χ0n) is 15.1. The average molecular weight is 373 g/mol. The van der Waals surface area contributed by atoms with Gasteiger partial charge in [0, 0.05) is 25.1 Å². The molecule has 3 N–H and O–H groups in total. The molecule has 2 aromatic rings. The van der Waals surface area contributed by atoms with Crippen molar-refractivity contribution in [2.24, 2.45) is 0 Å². The Morgan fingerprint density at radius 1 is 1.00 bits per heavy atom. The Morgan fingerprint density at radius 2 is 1.63 bits per heavy atom. The highest BCUT2D eigenvalue weighted by Gasteiger charge is 2.17. The van der Waals surface area contributed by atoms with Crippen molar-refractivity contribution in [2.45, 2.75) is 25.9 Å². The molecule has 0 saturated carbocycles. The van der Waals surface area contributed by atoms with Crippen molar-refractivity contribution >= 4 is 17.7 Å². The second-order valence-corrected chi connectivity index (χ2v) is 5.86. The lowest BCUT2D eigenvalue weighted by Crippen LogP contribution is -2.26. The van der Waals surface area contributed by atoms with Gasteiger partial charge in [-0.25, -0.2) is 9.59 Å². The van der Waals surface area contributed by atoms with Gasteiger partial charge in [0.2, 0.25) is 0 Å². The molecule has 0 aliphatic heterocycles. The summed E-state index contributed by atoms with van der Waals surface area (Å²) in [5.74, 6) is -0.270. The van der Waals surface area contributed by atoms with Crippen LogP contribution in [0.25, 0.3) is 0 Å². The fourth-order valence-corrected chi connectivity index (χ4v) is 2.52. The highest BCUT2D eigenvalue weighted by Crippen LogP contribution is 2.16. The molecule has 0 aliphatic carbocycles. The Balaban J connectivity index is 1.81. The van der Waals surface area contributed by atoms with Crippen molar-refractivity contribution < 1.29 is 29.3 Å². The summed E-state index contributed by atoms with van der Waals surface area (Å²) >= 11 is 0. The third-order valence-electron chi connectivity index (χ3n) is 3.85. The number of carboxylic acids is 1. The molecule has 0 aromatic heterocycles. The van der Waals surface area contributed by atoms with E-state index in [4.69, 9.17) is 19.7 Å². The molecule has 2 aromatic carbocycles. The molecule has 0 radical (unpaired) electrons. The molecule has 27 heavy (non-hydrogen) atoms. The summed E-state index contributed by atoms with van der Waals surface area (Å²) in [6.07, 6.45) is -0.952. The Bertz CT molecular complexity index is 742. The normalized spacial score (nSPS) is 11.6. The number of ether oxygens (including phenoxy) is 2. The fraction of sp³-hybridized carbons (Fsp3) is 0.300. The van der Waals surface area contributed by atoms with Crippen LogP contribution in [-0.4, -0.2) is 41.6 Å². The maximum absolute atomic E-state index is 11.1. The van der Waals surface area contributed by atoms with Crippen LogP contribution in [0.3, 0.4) is 0 Å². The molecule has 0 bridgehead atoms. The number of hydrogen-bond donors (Lipinski definition) is 3. The molecule has 2 rings (SSSR count). The molecular weight excluding hydrogens is 350 g/mol. The van der Waals surface area contributed by atoms with E-state index in [1.54, 1.807) is 31.2 Å². The highest BCUT2D eigenvalue weighted by molar-refractivity contribution is 5.82. The zero-order valence-corrected chi connectivity index (χ0v) is 15.1. The number of nitrogens with one attached hydrogen (secondary N) is 1. The third kappa shape index (κ3) is 6.99. The minimum atomic E-state index is -1.09. The van der Waals surface area contributed by atoms with Gasteiger partial charge in [-0.05, 0) is 42.3 Å². The van der Waals surface area contributed by atoms with E-state index < -0.39 is 18.2 Å². The van der Waals surface area contributed by atoms with Gasteiger partial charge in [0.15, 0.2) is 6.10 Å². The monoisotopic (exact) mass is 373 g/mol. The molecule has 7 heteroatoms. The Labute approximate surface area is 157 Å². The number of benzene rings is 2. The van der Waals surface area contributed by atoms with Crippen LogP contribution in [0.2, 0.25) is 0 Å². The van der Waals surface area contributed by atoms with Gasteiger partial charge in [-0.1, -0.05) is 24.3 Å². The smallest absolute Gasteiger partial charge is 0.409 e. The van der Waals surface area contributed by atoms with Gasteiger partial charge in [-0.3, -0.25) is 5.32 Å². The standard InChI is InChI=1S/C20H23NO6/c1-2-26-18(19(22)23)13-15-5-9-17(10-6-15)27-12-11-14-3-7-16(8-4-14)21-20(24)25/h3-10,18,21H,2,11-13H2,1H3,(H,22,23)(H,24,25). The first kappa shape index (κ1) is 20.3. The lowest BCUT2D eigenvalue weighted by Gasteiger charge is -2.13. The molecule has 1 unspecified atom stereocenters. The molecule has 0 spiro atoms. The van der Waals surface area contributed by atoms with E-state index in [1.807, 2.05) is 24.3 Å². The summed E-state index contributed by atoms with van der Waals surface area (Å²) in [5.41, 5.74) is 2.42. The number of carboxylic acid groups (broad SMARTS) is 2. The van der Waals surface area contributed by atoms with Crippen LogP contribution in [0.15, 0.2) is 48.5 Å². The number of rotatable bonds is 10. The van der Waals surface area contributed by atoms with E-state index in [1.165, 1.54) is 0 Å². The molecule has 0 saturated heterocycles. The molecule has 7 nitrogen and oxygen atoms in total. The van der Waals surface area contributed by atoms with Crippen LogP contribution in [0.1, 0.15) is 18.1 Å². The van der Waals surface area contributed by atoms with Crippen LogP contribution in [0.5, 0.6) is 5.75 Å². The maximum Gasteiger partial charge on any atom is 0.409 e. The first-order valence-electron chi connectivity index (χ1n) is 8.63. The molecule has 1 atom stereocenters. The van der Waals surface area contributed by atoms with E-state index in [2.05, 4.69) is 5.32 Å². The van der Waals surface area contributed by atoms with Gasteiger partial charge in [-0.2, -0.15) is 0 Å². The molecular formula is C20H23NO6. The maximum atomic E-state index is 11.1. The largest absolute Gasteiger partial charge is 0.493 e. The third-order valence-corrected chi connectivity index (χ3v) is 3.85. The van der Waals surface area contributed by atoms with Gasteiger partial charge < -0.3 is 19.7 Å². The summed E-state index contributed by atoms with van der Waals surface area (Å²) in [4.78, 5) is 21.7. The van der Waals surface area contributed by atoms with E-state index in [0.29, 0.717) is 37.5 Å². The van der Waals surface area contributed by atoms with Crippen LogP contribution in [-0.2, 0) is 22.4 Å². The Kier molecular flexibility index (Phi) is 7.63. The van der Waals surface area contributed by atoms with Crippen molar-refractivity contribution in [1.82, 2.24) is 0 Å². The summed E-state index contributed by atoms with van der Waals surface area (Å²) in [5, 5.41) is 20.1. The van der Waals surface area contributed by atoms with E-state index in [9.17, 15) is 9.59 Å². The van der Waals surface area contributed by atoms with Crippen molar-refractivity contribution in [2.75, 3.05) is 18.5 Å². The van der Waals surface area contributed by atoms with Gasteiger partial charge in [-0.15, -0.1) is 0 Å². The first-order chi connectivity index (χ1) is 13.0. The van der Waals surface area contributed by atoms with Crippen LogP contribution < -0.4 is 10.1 Å². The number of amides is 1. The van der Waals surface area contributed by atoms with Gasteiger partial charge in [0.05, 0.1) is 6.61 Å². The second-order valence-electron chi connectivity index (χ2n) is 5.86. The quantitative estimate of drug-likeness (QED) is 0.589. The van der Waals surface area contributed by atoms with Crippen molar-refractivity contribution in [1.29, 1.82) is 0 Å². The van der Waals surface area contributed by atoms with E-state index in [0.717, 1.165) is 11.1 Å². The minimum Gasteiger partial charge on any atom is -0.493 e. The Hall–Kier alpha value is -3.06. The summed E-state index contributed by atoms with van der Waals surface area (Å²) in [6.45, 7) is 2.59. The topological polar surface area (TPSA) is 105 Å².